The van der Waals surface area contributed by atoms with Gasteiger partial charge in [-0.25, -0.2) is 0 Å². The fraction of sp³-hybridized carbons (Fsp3) is 0.634. The van der Waals surface area contributed by atoms with Crippen molar-refractivity contribution < 1.29 is 102 Å². The molecule has 0 spiro atoms. The maximum absolute atomic E-state index is 15.0. The highest BCUT2D eigenvalue weighted by atomic mass is 32.2. The van der Waals surface area contributed by atoms with Crippen LogP contribution in [0.1, 0.15) is 149 Å². The maximum Gasteiger partial charge on any atom is 0.246 e. The lowest BCUT2D eigenvalue weighted by atomic mass is 9.96. The highest BCUT2D eigenvalue weighted by molar-refractivity contribution is 7.99. The third-order valence-corrected chi connectivity index (χ3v) is 25.3. The molecule has 6 rings (SSSR count). The van der Waals surface area contributed by atoms with Crippen LogP contribution in [0.2, 0.25) is 0 Å². The van der Waals surface area contributed by atoms with Crippen LogP contribution in [0.15, 0.2) is 42.5 Å². The van der Waals surface area contributed by atoms with E-state index in [-0.39, 0.29) is 116 Å². The van der Waals surface area contributed by atoms with Crippen LogP contribution in [0.25, 0.3) is 0 Å². The Morgan fingerprint density at radius 3 is 1.55 bits per heavy atom. The van der Waals surface area contributed by atoms with Crippen molar-refractivity contribution in [3.8, 4) is 5.75 Å². The smallest absolute Gasteiger partial charge is 0.246 e. The Balaban J connectivity index is 1.51. The van der Waals surface area contributed by atoms with Crippen molar-refractivity contribution in [1.29, 1.82) is 0 Å². The van der Waals surface area contributed by atoms with Crippen LogP contribution >= 0.6 is 47.0 Å². The zero-order valence-corrected chi connectivity index (χ0v) is 76.0. The second-order valence-corrected chi connectivity index (χ2v) is 36.9. The highest BCUT2D eigenvalue weighted by Gasteiger charge is 2.46. The van der Waals surface area contributed by atoms with Crippen molar-refractivity contribution in [2.45, 2.75) is 247 Å². The minimum absolute atomic E-state index is 0.00137. The van der Waals surface area contributed by atoms with Crippen molar-refractivity contribution >= 4 is 153 Å². The number of primary amides is 2. The zero-order valence-electron chi connectivity index (χ0n) is 72.7. The predicted molar refractivity (Wildman–Crippen MR) is 472 cm³/mol. The third-order valence-electron chi connectivity index (χ3n) is 21.3. The van der Waals surface area contributed by atoms with Crippen molar-refractivity contribution in [3.63, 3.8) is 0 Å². The number of thioether (sulfide) groups is 4. The maximum atomic E-state index is 15.0. The summed E-state index contributed by atoms with van der Waals surface area (Å²) in [4.78, 5) is 260. The number of fused-ring (bicyclic) bond motifs is 7. The Labute approximate surface area is 749 Å². The molecule has 0 aromatic heterocycles. The van der Waals surface area contributed by atoms with E-state index < -0.39 is 242 Å². The Bertz CT molecular complexity index is 4190. The normalized spacial score (nSPS) is 26.7. The minimum Gasteiger partial charge on any atom is -0.508 e. The second-order valence-electron chi connectivity index (χ2n) is 32.8. The first-order valence-corrected chi connectivity index (χ1v) is 47.0. The van der Waals surface area contributed by atoms with Gasteiger partial charge in [-0.05, 0) is 136 Å². The summed E-state index contributed by atoms with van der Waals surface area (Å²) in [6.45, 7) is 11.6. The molecule has 4 aliphatic heterocycles. The number of carbonyl (C=O) groups excluding carboxylic acids is 18. The van der Waals surface area contributed by atoms with Crippen LogP contribution in [-0.4, -0.2) is 290 Å². The van der Waals surface area contributed by atoms with Gasteiger partial charge in [-0.2, -0.15) is 47.0 Å². The van der Waals surface area contributed by atoms with Gasteiger partial charge in [0.15, 0.2) is 0 Å². The number of phenols is 1. The van der Waals surface area contributed by atoms with Gasteiger partial charge < -0.3 is 117 Å². The number of hydrogen-bond donors (Lipinski definition) is 20. The molecule has 44 heteroatoms. The zero-order chi connectivity index (χ0) is 93.3. The lowest BCUT2D eigenvalue weighted by Gasteiger charge is -2.34. The molecular weight excluding hydrogens is 1720 g/mol. The molecule has 0 saturated carbocycles. The second kappa shape index (κ2) is 51.7. The number of benzene rings is 2. The first-order chi connectivity index (χ1) is 59.6. The Morgan fingerprint density at radius 2 is 0.984 bits per heavy atom. The fourth-order valence-corrected chi connectivity index (χ4v) is 17.7. The van der Waals surface area contributed by atoms with Gasteiger partial charge in [0.2, 0.25) is 106 Å². The number of aliphatic hydroxyl groups excluding tert-OH is 2. The van der Waals surface area contributed by atoms with Gasteiger partial charge in [0.05, 0.1) is 25.8 Å². The van der Waals surface area contributed by atoms with E-state index in [1.807, 2.05) is 0 Å². The van der Waals surface area contributed by atoms with Crippen molar-refractivity contribution in [3.05, 3.63) is 64.7 Å². The molecule has 40 nitrogen and oxygen atoms in total. The van der Waals surface area contributed by atoms with Gasteiger partial charge in [-0.3, -0.25) is 86.3 Å². The van der Waals surface area contributed by atoms with E-state index in [1.54, 1.807) is 66.0 Å². The molecule has 23 N–H and O–H groups in total. The predicted octanol–water partition coefficient (Wildman–Crippen LogP) is -4.22. The molecule has 2 fully saturated rings. The average molecular weight is 1840 g/mol. The van der Waals surface area contributed by atoms with Crippen molar-refractivity contribution in [2.24, 2.45) is 35.0 Å². The van der Waals surface area contributed by atoms with Crippen LogP contribution in [0, 0.1) is 17.8 Å². The van der Waals surface area contributed by atoms with E-state index in [0.29, 0.717) is 35.1 Å². The van der Waals surface area contributed by atoms with Crippen molar-refractivity contribution in [1.82, 2.24) is 84.2 Å². The van der Waals surface area contributed by atoms with Crippen LogP contribution in [-0.2, 0) is 110 Å². The molecule has 17 atom stereocenters. The molecule has 0 unspecified atom stereocenters. The van der Waals surface area contributed by atoms with E-state index in [2.05, 4.69) is 74.4 Å². The number of carbonyl (C=O) groups is 18. The van der Waals surface area contributed by atoms with Crippen LogP contribution < -0.4 is 91.6 Å². The van der Waals surface area contributed by atoms with Gasteiger partial charge >= 0.3 is 0 Å². The van der Waals surface area contributed by atoms with Gasteiger partial charge in [-0.15, -0.1) is 0 Å². The minimum atomic E-state index is -1.93. The van der Waals surface area contributed by atoms with Crippen LogP contribution in [0.3, 0.4) is 0 Å². The topological polar surface area (TPSA) is 621 Å². The largest absolute Gasteiger partial charge is 0.508 e. The summed E-state index contributed by atoms with van der Waals surface area (Å²) in [5.41, 5.74) is 19.2. The molecule has 2 saturated heterocycles. The monoisotopic (exact) mass is 1840 g/mol. The summed E-state index contributed by atoms with van der Waals surface area (Å²) in [5, 5.41) is 68.1. The van der Waals surface area contributed by atoms with Crippen LogP contribution in [0.4, 0.5) is 0 Å². The summed E-state index contributed by atoms with van der Waals surface area (Å²) < 4.78 is 0. The van der Waals surface area contributed by atoms with E-state index in [9.17, 15) is 96.8 Å². The lowest BCUT2D eigenvalue weighted by molar-refractivity contribution is -0.148. The molecule has 0 radical (unpaired) electrons. The first-order valence-electron chi connectivity index (χ1n) is 42.1. The fourth-order valence-electron chi connectivity index (χ4n) is 14.2. The standard InChI is InChI=1S/C82H125N19O21S4/c1-11-43(6)66-80(120)93-56(27-42(4)5)81(121)101-24-13-15-63(101)82(122)100-23-12-14-62(100)79(119)98-59(70(110)86-32-65(85)106)38-124-35-48-28-49-30-50(29-48)37-126-40-61(78(118)95-57(33-102)75(115)94-58(34-103)76(116)99-66)97-73(113)54(26-41(2)3)91-69(109)46(9)87-68(108)45(8)88-71(111)52(20-21-64(84)105)89-74(114)55(31-47-16-18-51(104)19-17-47)92-72(112)53(22-25-123-10)90-77(117)60(39-125-36-49)96-67(107)44(7)83/h16-19,28-30,41-46,52-63,66,102-104H,11-15,20-27,31-40,83H2,1-10H3,(H2,84,105)(H2,85,106)(H,86,110)(H,87,108)(H,88,111)(H,89,114)(H,90,117)(H,91,109)(H,92,112)(H,93,120)(H,94,115)(H,95,118)(H,96,107)(H,97,113)(H,98,119)(H,99,116)/t43-,44-,45-,46-,52-,53-,54-,55-,56-,57-,58-,59-,60-,61-,62-,63-,66-/m0/s1. The van der Waals surface area contributed by atoms with Gasteiger partial charge in [-0.1, -0.05) is 78.3 Å². The number of aliphatic hydroxyl groups is 2. The lowest BCUT2D eigenvalue weighted by Crippen LogP contribution is -2.62. The molecule has 4 heterocycles. The number of aromatic hydroxyl groups is 1. The summed E-state index contributed by atoms with van der Waals surface area (Å²) in [7, 11) is 0. The number of nitrogens with zero attached hydrogens (tertiary/aromatic N) is 2. The summed E-state index contributed by atoms with van der Waals surface area (Å²) in [6.07, 6.45) is 1.72. The molecule has 0 aliphatic carbocycles. The van der Waals surface area contributed by atoms with E-state index in [4.69, 9.17) is 17.2 Å². The molecule has 18 amide bonds. The van der Waals surface area contributed by atoms with Crippen molar-refractivity contribution in [2.75, 3.05) is 62.1 Å². The van der Waals surface area contributed by atoms with E-state index in [1.165, 1.54) is 66.6 Å². The number of amides is 18. The number of nitrogens with two attached hydrogens (primary N) is 3. The third kappa shape index (κ3) is 33.0. The Kier molecular flexibility index (Phi) is 43.0. The highest BCUT2D eigenvalue weighted by Crippen LogP contribution is 2.29. The number of hydrogen-bond acceptors (Lipinski definition) is 26. The van der Waals surface area contributed by atoms with Crippen LogP contribution in [0.5, 0.6) is 5.75 Å². The van der Waals surface area contributed by atoms with E-state index in [0.717, 1.165) is 35.3 Å². The molecule has 4 aliphatic rings. The molecular formula is C82H125N19O21S4. The molecule has 126 heavy (non-hydrogen) atoms. The Morgan fingerprint density at radius 1 is 0.516 bits per heavy atom. The number of nitrogens with one attached hydrogen (secondary N) is 14. The Hall–Kier alpha value is -10.0. The SMILES string of the molecule is CC[C@H](C)[C@@H]1NC(=O)[C@H](CO)NC(=O)[C@H](CO)NC(=O)[C@@H]2CSCc3cc(cc(c3)CSC[C@@H](C(=O)NCC(N)=O)NC(=O)[C@@H]3CCCN3C(=O)[C@@H]3CCCN3C(=O)[C@H](CC(C)C)NC1=O)CSC[C@H](NC(=O)[C@H](C)N)C(=O)N[C@@H](CCSC)C(=O)N[C@@H](Cc1ccc(O)cc1)C(=O)N[C@@H](CCC(N)=O)C(=O)N[C@@H](C)C(=O)N[C@@H](C)C(=O)N[C@@H](CC(C)C)C(=O)N2. The molecule has 2 aromatic rings. The quantitative estimate of drug-likeness (QED) is 0.0563. The molecule has 4 bridgehead atoms. The molecule has 2 aromatic carbocycles. The van der Waals surface area contributed by atoms with Gasteiger partial charge in [0.25, 0.3) is 0 Å². The summed E-state index contributed by atoms with van der Waals surface area (Å²) >= 11 is 4.67. The number of rotatable bonds is 21. The first kappa shape index (κ1) is 105. The van der Waals surface area contributed by atoms with Gasteiger partial charge in [0.1, 0.15) is 96.4 Å². The summed E-state index contributed by atoms with van der Waals surface area (Å²) in [6, 6.07) is -12.6. The average Bonchev–Trinajstić information content (AvgIpc) is 1.64. The number of phenolic OH excluding ortho intramolecular Hbond substituents is 1. The van der Waals surface area contributed by atoms with E-state index >= 15 is 4.79 Å². The summed E-state index contributed by atoms with van der Waals surface area (Å²) in [5.74, 6) is -18.0. The molecule has 698 valence electrons. The van der Waals surface area contributed by atoms with Gasteiger partial charge in [0, 0.05) is 60.4 Å².